The van der Waals surface area contributed by atoms with E-state index in [1.165, 1.54) is 0 Å². The number of nitrogens with one attached hydrogen (secondary N) is 2. The third-order valence-corrected chi connectivity index (χ3v) is 3.13. The van der Waals surface area contributed by atoms with E-state index in [4.69, 9.17) is 0 Å². The number of carbonyl (C=O) groups excluding carboxylic acids is 1. The summed E-state index contributed by atoms with van der Waals surface area (Å²) < 4.78 is 0. The van der Waals surface area contributed by atoms with E-state index in [0.717, 1.165) is 17.1 Å². The first-order valence-corrected chi connectivity index (χ1v) is 6.93. The Morgan fingerprint density at radius 2 is 2.14 bits per heavy atom. The number of hydrogen-bond donors (Lipinski definition) is 2. The number of H-pyrrole nitrogens is 1. The second-order valence-electron chi connectivity index (χ2n) is 5.27. The summed E-state index contributed by atoms with van der Waals surface area (Å²) in [6.45, 7) is 4.91. The van der Waals surface area contributed by atoms with E-state index in [2.05, 4.69) is 20.3 Å². The van der Waals surface area contributed by atoms with E-state index in [-0.39, 0.29) is 11.9 Å². The minimum Gasteiger partial charge on any atom is -0.345 e. The highest BCUT2D eigenvalue weighted by molar-refractivity contribution is 5.78. The molecule has 6 heteroatoms. The molecule has 1 atom stereocenters. The van der Waals surface area contributed by atoms with Crippen molar-refractivity contribution in [2.24, 2.45) is 0 Å². The number of carbonyl (C=O) groups is 1. The molecule has 1 amide bonds. The van der Waals surface area contributed by atoms with Gasteiger partial charge in [-0.1, -0.05) is 0 Å². The topological polar surface area (TPSA) is 73.9 Å². The number of aromatic nitrogens is 3. The Morgan fingerprint density at radius 3 is 2.76 bits per heavy atom. The first-order valence-electron chi connectivity index (χ1n) is 6.93. The van der Waals surface area contributed by atoms with Crippen LogP contribution in [0.1, 0.15) is 30.0 Å². The molecule has 0 unspecified atom stereocenters. The number of nitrogens with zero attached hydrogens (tertiary/aromatic N) is 3. The number of aromatic amines is 1. The summed E-state index contributed by atoms with van der Waals surface area (Å²) in [7, 11) is 1.92. The van der Waals surface area contributed by atoms with Gasteiger partial charge in [-0.05, 0) is 38.6 Å². The zero-order chi connectivity index (χ0) is 15.2. The van der Waals surface area contributed by atoms with Crippen molar-refractivity contribution in [1.29, 1.82) is 0 Å². The smallest absolute Gasteiger partial charge is 0.234 e. The van der Waals surface area contributed by atoms with Crippen LogP contribution in [0.3, 0.4) is 0 Å². The van der Waals surface area contributed by atoms with Crippen LogP contribution in [0.25, 0.3) is 0 Å². The van der Waals surface area contributed by atoms with Gasteiger partial charge in [-0.2, -0.15) is 0 Å². The van der Waals surface area contributed by atoms with Crippen LogP contribution in [0.2, 0.25) is 0 Å². The van der Waals surface area contributed by atoms with Gasteiger partial charge >= 0.3 is 0 Å². The first kappa shape index (κ1) is 15.2. The molecule has 0 aliphatic heterocycles. The summed E-state index contributed by atoms with van der Waals surface area (Å²) in [5.74, 6) is 0.755. The number of hydrogen-bond acceptors (Lipinski definition) is 4. The molecule has 0 spiro atoms. The van der Waals surface area contributed by atoms with Crippen LogP contribution in [0.15, 0.2) is 30.7 Å². The molecule has 21 heavy (non-hydrogen) atoms. The van der Waals surface area contributed by atoms with Crippen LogP contribution in [-0.2, 0) is 11.3 Å². The van der Waals surface area contributed by atoms with Gasteiger partial charge in [0.1, 0.15) is 5.82 Å². The summed E-state index contributed by atoms with van der Waals surface area (Å²) in [6.07, 6.45) is 5.27. The van der Waals surface area contributed by atoms with Crippen LogP contribution in [0, 0.1) is 6.92 Å². The predicted molar refractivity (Wildman–Crippen MR) is 80.5 cm³/mol. The fourth-order valence-electron chi connectivity index (χ4n) is 2.11. The number of amides is 1. The molecule has 6 nitrogen and oxygen atoms in total. The summed E-state index contributed by atoms with van der Waals surface area (Å²) in [4.78, 5) is 25.3. The Bertz CT molecular complexity index is 581. The van der Waals surface area contributed by atoms with Crippen molar-refractivity contribution in [3.8, 4) is 0 Å². The summed E-state index contributed by atoms with van der Waals surface area (Å²) in [5, 5.41) is 2.94. The number of likely N-dealkylation sites (N-methyl/N-ethyl adjacent to an activating group) is 1. The molecule has 0 aliphatic rings. The highest BCUT2D eigenvalue weighted by Gasteiger charge is 2.13. The minimum absolute atomic E-state index is 0.0203. The Balaban J connectivity index is 1.81. The third kappa shape index (κ3) is 4.68. The quantitative estimate of drug-likeness (QED) is 0.842. The maximum atomic E-state index is 12.0. The van der Waals surface area contributed by atoms with E-state index in [9.17, 15) is 4.79 Å². The van der Waals surface area contributed by atoms with Gasteiger partial charge in [0.25, 0.3) is 0 Å². The molecule has 2 heterocycles. The first-order chi connectivity index (χ1) is 10.0. The van der Waals surface area contributed by atoms with Crippen LogP contribution >= 0.6 is 0 Å². The van der Waals surface area contributed by atoms with Crippen molar-refractivity contribution >= 4 is 5.91 Å². The Morgan fingerprint density at radius 1 is 1.43 bits per heavy atom. The lowest BCUT2D eigenvalue weighted by atomic mass is 10.2. The standard InChI is InChI=1S/C15H21N5O/c1-11-8-17-15(18-11)12(2)19-14(21)10-20(3)9-13-4-6-16-7-5-13/h4-8,12H,9-10H2,1-3H3,(H,17,18)(H,19,21)/t12-/m0/s1. The van der Waals surface area contributed by atoms with Crippen LogP contribution in [0.5, 0.6) is 0 Å². The van der Waals surface area contributed by atoms with Crippen molar-refractivity contribution in [2.45, 2.75) is 26.4 Å². The number of rotatable bonds is 6. The fraction of sp³-hybridized carbons (Fsp3) is 0.400. The molecule has 0 radical (unpaired) electrons. The van der Waals surface area contributed by atoms with Gasteiger partial charge in [0.05, 0.1) is 12.6 Å². The molecule has 2 N–H and O–H groups in total. The second kappa shape index (κ2) is 6.99. The highest BCUT2D eigenvalue weighted by atomic mass is 16.2. The Kier molecular flexibility index (Phi) is 5.05. The zero-order valence-corrected chi connectivity index (χ0v) is 12.6. The zero-order valence-electron chi connectivity index (χ0n) is 12.6. The van der Waals surface area contributed by atoms with E-state index < -0.39 is 0 Å². The molecule has 0 bridgehead atoms. The SMILES string of the molecule is Cc1cnc([C@H](C)NC(=O)CN(C)Cc2ccncc2)[nH]1. The molecule has 112 valence electrons. The molecular formula is C15H21N5O. The van der Waals surface area contributed by atoms with Gasteiger partial charge in [0.2, 0.25) is 5.91 Å². The second-order valence-corrected chi connectivity index (χ2v) is 5.27. The third-order valence-electron chi connectivity index (χ3n) is 3.13. The van der Waals surface area contributed by atoms with E-state index in [1.54, 1.807) is 18.6 Å². The number of aryl methyl sites for hydroxylation is 1. The van der Waals surface area contributed by atoms with Crippen LogP contribution in [0.4, 0.5) is 0 Å². The van der Waals surface area contributed by atoms with E-state index >= 15 is 0 Å². The fourth-order valence-corrected chi connectivity index (χ4v) is 2.11. The van der Waals surface area contributed by atoms with E-state index in [1.807, 2.05) is 37.9 Å². The lowest BCUT2D eigenvalue weighted by Gasteiger charge is -2.18. The van der Waals surface area contributed by atoms with Crippen molar-refractivity contribution in [2.75, 3.05) is 13.6 Å². The molecule has 0 aromatic carbocycles. The van der Waals surface area contributed by atoms with Gasteiger partial charge in [-0.15, -0.1) is 0 Å². The van der Waals surface area contributed by atoms with Gasteiger partial charge < -0.3 is 10.3 Å². The number of pyridine rings is 1. The molecule has 2 rings (SSSR count). The van der Waals surface area contributed by atoms with Gasteiger partial charge in [-0.25, -0.2) is 4.98 Å². The van der Waals surface area contributed by atoms with Crippen LogP contribution < -0.4 is 5.32 Å². The summed E-state index contributed by atoms with van der Waals surface area (Å²) in [5.41, 5.74) is 2.12. The molecular weight excluding hydrogens is 266 g/mol. The molecule has 2 aromatic rings. The molecule has 0 fully saturated rings. The normalized spacial score (nSPS) is 12.4. The molecule has 0 aliphatic carbocycles. The minimum atomic E-state index is -0.125. The highest BCUT2D eigenvalue weighted by Crippen LogP contribution is 2.07. The van der Waals surface area contributed by atoms with Gasteiger partial charge in [0, 0.05) is 30.8 Å². The van der Waals surface area contributed by atoms with E-state index in [0.29, 0.717) is 13.1 Å². The van der Waals surface area contributed by atoms with Gasteiger partial charge in [-0.3, -0.25) is 14.7 Å². The lowest BCUT2D eigenvalue weighted by Crippen LogP contribution is -2.36. The molecule has 2 aromatic heterocycles. The van der Waals surface area contributed by atoms with Crippen molar-refractivity contribution in [3.63, 3.8) is 0 Å². The summed E-state index contributed by atoms with van der Waals surface area (Å²) in [6, 6.07) is 3.77. The Hall–Kier alpha value is -2.21. The maximum Gasteiger partial charge on any atom is 0.234 e. The van der Waals surface area contributed by atoms with Crippen molar-refractivity contribution in [3.05, 3.63) is 47.8 Å². The summed E-state index contributed by atoms with van der Waals surface area (Å²) >= 11 is 0. The maximum absolute atomic E-state index is 12.0. The molecule has 0 saturated heterocycles. The lowest BCUT2D eigenvalue weighted by molar-refractivity contribution is -0.122. The van der Waals surface area contributed by atoms with Gasteiger partial charge in [0.15, 0.2) is 0 Å². The average Bonchev–Trinajstić information content (AvgIpc) is 2.86. The largest absolute Gasteiger partial charge is 0.345 e. The van der Waals surface area contributed by atoms with Crippen molar-refractivity contribution < 1.29 is 4.79 Å². The Labute approximate surface area is 124 Å². The predicted octanol–water partition coefficient (Wildman–Crippen LogP) is 1.42. The van der Waals surface area contributed by atoms with Crippen LogP contribution in [-0.4, -0.2) is 39.4 Å². The molecule has 0 saturated carbocycles. The monoisotopic (exact) mass is 287 g/mol. The average molecular weight is 287 g/mol. The number of imidazole rings is 1. The van der Waals surface area contributed by atoms with Crippen molar-refractivity contribution in [1.82, 2.24) is 25.2 Å².